The van der Waals surface area contributed by atoms with Crippen LogP contribution in [0.4, 0.5) is 0 Å². The molecule has 3 atom stereocenters. The molecule has 0 N–H and O–H groups in total. The van der Waals surface area contributed by atoms with E-state index in [0.29, 0.717) is 11.1 Å². The van der Waals surface area contributed by atoms with Gasteiger partial charge >= 0.3 is 35.5 Å². The first-order valence-corrected chi connectivity index (χ1v) is 11.2. The molecule has 12 heteroatoms. The molecular formula is C24H37BO10U. The molecule has 2 rings (SSSR count). The normalized spacial score (nSPS) is 24.5. The Morgan fingerprint density at radius 2 is 1.39 bits per heavy atom. The molecule has 2 radical (unpaired) electrons. The molecule has 36 heavy (non-hydrogen) atoms. The third-order valence-corrected chi connectivity index (χ3v) is 4.98. The molecule has 2 heterocycles. The second-order valence-electron chi connectivity index (χ2n) is 8.67. The first kappa shape index (κ1) is 34.2. The number of cyclic esters (lactones) is 2. The third-order valence-electron chi connectivity index (χ3n) is 4.98. The van der Waals surface area contributed by atoms with E-state index in [9.17, 15) is 19.2 Å². The summed E-state index contributed by atoms with van der Waals surface area (Å²) in [6, 6.07) is 0. The smallest absolute Gasteiger partial charge is 0.393 e. The summed E-state index contributed by atoms with van der Waals surface area (Å²) >= 11 is 0. The van der Waals surface area contributed by atoms with Crippen molar-refractivity contribution in [3.8, 4) is 0 Å². The Hall–Kier alpha value is -1.76. The van der Waals surface area contributed by atoms with Crippen LogP contribution in [0.3, 0.4) is 0 Å². The van der Waals surface area contributed by atoms with Gasteiger partial charge in [0.15, 0.2) is 6.10 Å². The third kappa shape index (κ3) is 7.62. The van der Waals surface area contributed by atoms with E-state index in [4.69, 9.17) is 29.8 Å². The number of carbonyl (C=O) groups excluding carboxylic acids is 4. The molecule has 0 aromatic heterocycles. The monoisotopic (exact) mass is 735 g/mol. The zero-order valence-electron chi connectivity index (χ0n) is 23.5. The number of allylic oxidation sites excluding steroid dienone is 1. The van der Waals surface area contributed by atoms with E-state index < -0.39 is 41.6 Å². The molecule has 0 aromatic carbocycles. The molecule has 0 bridgehead atoms. The SMILES string of the molecule is C=C(C)C1OC(C(=O)OCC)(C(C)C)OC1=O.CCOC(=O)C1(C(C)C)OC(=O)C(=C(C)C)O1.[2H][B].[U]. The Morgan fingerprint density at radius 3 is 1.69 bits per heavy atom. The van der Waals surface area contributed by atoms with Gasteiger partial charge in [-0.3, -0.25) is 0 Å². The van der Waals surface area contributed by atoms with Crippen molar-refractivity contribution < 1.29 is 78.7 Å². The van der Waals surface area contributed by atoms with Crippen LogP contribution < -0.4 is 0 Å². The van der Waals surface area contributed by atoms with Crippen molar-refractivity contribution in [3.05, 3.63) is 23.5 Å². The van der Waals surface area contributed by atoms with Gasteiger partial charge in [0.1, 0.15) is 0 Å². The quantitative estimate of drug-likeness (QED) is 0.127. The van der Waals surface area contributed by atoms with Gasteiger partial charge in [0.05, 0.1) is 13.2 Å². The van der Waals surface area contributed by atoms with Gasteiger partial charge in [-0.05, 0) is 47.1 Å². The number of ether oxygens (including phenoxy) is 6. The van der Waals surface area contributed by atoms with E-state index in [2.05, 4.69) is 15.0 Å². The zero-order chi connectivity index (χ0) is 28.4. The summed E-state index contributed by atoms with van der Waals surface area (Å²) in [5.41, 5.74) is 1.17. The predicted octanol–water partition coefficient (Wildman–Crippen LogP) is 2.54. The molecule has 0 amide bonds. The molecule has 0 aromatic rings. The van der Waals surface area contributed by atoms with Crippen molar-refractivity contribution in [1.82, 2.24) is 0 Å². The van der Waals surface area contributed by atoms with E-state index in [1.165, 1.54) is 0 Å². The fourth-order valence-electron chi connectivity index (χ4n) is 3.05. The molecule has 2 saturated heterocycles. The number of hydrogen-bond donors (Lipinski definition) is 0. The number of rotatable bonds is 7. The largest absolute Gasteiger partial charge is 0.461 e. The Bertz CT molecular complexity index is 872. The fourth-order valence-corrected chi connectivity index (χ4v) is 3.05. The van der Waals surface area contributed by atoms with Gasteiger partial charge in [-0.1, -0.05) is 34.3 Å². The maximum absolute atomic E-state index is 11.9. The van der Waals surface area contributed by atoms with Gasteiger partial charge in [-0.15, -0.1) is 0 Å². The van der Waals surface area contributed by atoms with Crippen LogP contribution >= 0.6 is 0 Å². The average molecular weight is 735 g/mol. The van der Waals surface area contributed by atoms with E-state index in [1.54, 1.807) is 62.3 Å². The van der Waals surface area contributed by atoms with Crippen molar-refractivity contribution in [1.29, 1.82) is 1.34 Å². The van der Waals surface area contributed by atoms with Crippen molar-refractivity contribution in [2.24, 2.45) is 11.8 Å². The summed E-state index contributed by atoms with van der Waals surface area (Å²) in [5, 5.41) is 0. The minimum Gasteiger partial charge on any atom is -0.461 e. The Kier molecular flexibility index (Phi) is 14.1. The Labute approximate surface area is 240 Å². The molecule has 0 saturated carbocycles. The molecule has 2 aliphatic rings. The van der Waals surface area contributed by atoms with Crippen LogP contribution in [0.25, 0.3) is 0 Å². The summed E-state index contributed by atoms with van der Waals surface area (Å²) in [7, 11) is 3.75. The van der Waals surface area contributed by atoms with Gasteiger partial charge in [-0.25, -0.2) is 19.2 Å². The predicted molar refractivity (Wildman–Crippen MR) is 127 cm³/mol. The minimum absolute atomic E-state index is 0. The first-order chi connectivity index (χ1) is 16.7. The van der Waals surface area contributed by atoms with Crippen LogP contribution in [0.2, 0.25) is 0 Å². The Morgan fingerprint density at radius 1 is 0.944 bits per heavy atom. The summed E-state index contributed by atoms with van der Waals surface area (Å²) in [6.45, 7) is 19.4. The molecule has 2 fully saturated rings. The van der Waals surface area contributed by atoms with Gasteiger partial charge in [0.2, 0.25) is 5.76 Å². The van der Waals surface area contributed by atoms with E-state index in [0.717, 1.165) is 0 Å². The first-order valence-electron chi connectivity index (χ1n) is 11.8. The molecular weight excluding hydrogens is 697 g/mol. The number of carbonyl (C=O) groups is 4. The van der Waals surface area contributed by atoms with Gasteiger partial charge in [0, 0.05) is 51.3 Å². The van der Waals surface area contributed by atoms with Gasteiger partial charge in [-0.2, -0.15) is 0 Å². The summed E-state index contributed by atoms with van der Waals surface area (Å²) in [4.78, 5) is 47.0. The van der Waals surface area contributed by atoms with Crippen LogP contribution in [0.5, 0.6) is 0 Å². The van der Waals surface area contributed by atoms with E-state index >= 15 is 0 Å². The van der Waals surface area contributed by atoms with Gasteiger partial charge < -0.3 is 28.4 Å². The van der Waals surface area contributed by atoms with E-state index in [-0.39, 0.29) is 61.9 Å². The topological polar surface area (TPSA) is 124 Å². The van der Waals surface area contributed by atoms with Crippen LogP contribution in [-0.4, -0.2) is 64.5 Å². The van der Waals surface area contributed by atoms with Crippen molar-refractivity contribution in [2.45, 2.75) is 80.0 Å². The zero-order valence-corrected chi connectivity index (χ0v) is 26.7. The summed E-state index contributed by atoms with van der Waals surface area (Å²) < 4.78 is 36.1. The van der Waals surface area contributed by atoms with Crippen molar-refractivity contribution in [3.63, 3.8) is 0 Å². The molecule has 10 nitrogen and oxygen atoms in total. The summed E-state index contributed by atoms with van der Waals surface area (Å²) in [6.07, 6.45) is -0.901. The standard InChI is InChI=1S/2C12H18O5.BH.U/c2*1-6-15-11(14)12(8(4)5)16-9(7(2)3)10(13)17-12;;/h8H,6H2,1-5H3;8-9H,2,6H2,1,3-5H3;1H;/i;;1D;. The van der Waals surface area contributed by atoms with Gasteiger partial charge in [0.25, 0.3) is 0 Å². The number of esters is 4. The minimum atomic E-state index is -1.64. The molecule has 0 aliphatic carbocycles. The molecule has 200 valence electrons. The maximum Gasteiger partial charge on any atom is 0.393 e. The Balaban J connectivity index is 0. The van der Waals surface area contributed by atoms with Crippen LogP contribution in [0.1, 0.15) is 62.3 Å². The van der Waals surface area contributed by atoms with Crippen LogP contribution in [-0.2, 0) is 47.6 Å². The summed E-state index contributed by atoms with van der Waals surface area (Å²) in [5.74, 6) is -6.42. The molecule has 2 aliphatic heterocycles. The van der Waals surface area contributed by atoms with Crippen LogP contribution in [0, 0.1) is 42.9 Å². The number of hydrogen-bond acceptors (Lipinski definition) is 10. The fraction of sp³-hybridized carbons (Fsp3) is 0.667. The van der Waals surface area contributed by atoms with Crippen molar-refractivity contribution >= 4 is 32.3 Å². The van der Waals surface area contributed by atoms with E-state index in [1.807, 2.05) is 0 Å². The molecule has 0 spiro atoms. The van der Waals surface area contributed by atoms with Crippen LogP contribution in [0.15, 0.2) is 23.5 Å². The van der Waals surface area contributed by atoms with Crippen molar-refractivity contribution in [2.75, 3.05) is 13.2 Å². The maximum atomic E-state index is 11.9. The second-order valence-corrected chi connectivity index (χ2v) is 8.67. The molecule has 3 unspecified atom stereocenters. The second kappa shape index (κ2) is 14.8. The average Bonchev–Trinajstić information content (AvgIpc) is 3.35.